The average Bonchev–Trinajstić information content (AvgIpc) is 2.46. The fraction of sp³-hybridized carbons (Fsp3) is 0.583. The summed E-state index contributed by atoms with van der Waals surface area (Å²) < 4.78 is 5.57. The summed E-state index contributed by atoms with van der Waals surface area (Å²) in [5.41, 5.74) is 0.348. The minimum absolute atomic E-state index is 0.169. The van der Waals surface area contributed by atoms with Crippen molar-refractivity contribution in [2.75, 3.05) is 31.3 Å². The van der Waals surface area contributed by atoms with E-state index >= 15 is 0 Å². The van der Waals surface area contributed by atoms with Crippen LogP contribution >= 0.6 is 11.8 Å². The highest BCUT2D eigenvalue weighted by Crippen LogP contribution is 2.33. The van der Waals surface area contributed by atoms with E-state index in [2.05, 4.69) is 21.5 Å². The molecular weight excluding hydrogens is 248 g/mol. The van der Waals surface area contributed by atoms with E-state index < -0.39 is 0 Å². The largest absolute Gasteiger partial charge is 0.381 e. The van der Waals surface area contributed by atoms with Gasteiger partial charge in [-0.15, -0.1) is 0 Å². The SMILES string of the molecule is CSC1(CNc2nccnc2C#N)CCOCC1. The Hall–Kier alpha value is -1.32. The summed E-state index contributed by atoms with van der Waals surface area (Å²) in [5.74, 6) is 0.569. The normalized spacial score (nSPS) is 18.0. The van der Waals surface area contributed by atoms with Crippen molar-refractivity contribution in [3.63, 3.8) is 0 Å². The second kappa shape index (κ2) is 6.03. The van der Waals surface area contributed by atoms with Gasteiger partial charge in [0.25, 0.3) is 0 Å². The molecule has 1 aliphatic heterocycles. The van der Waals surface area contributed by atoms with Crippen molar-refractivity contribution < 1.29 is 4.74 Å². The topological polar surface area (TPSA) is 70.8 Å². The van der Waals surface area contributed by atoms with E-state index in [4.69, 9.17) is 10.00 Å². The smallest absolute Gasteiger partial charge is 0.182 e. The van der Waals surface area contributed by atoms with Crippen LogP contribution in [-0.4, -0.2) is 40.7 Å². The summed E-state index contributed by atoms with van der Waals surface area (Å²) in [7, 11) is 0. The van der Waals surface area contributed by atoms with Crippen LogP contribution in [0.5, 0.6) is 0 Å². The lowest BCUT2D eigenvalue weighted by atomic mass is 9.99. The van der Waals surface area contributed by atoms with Crippen LogP contribution in [-0.2, 0) is 4.74 Å². The van der Waals surface area contributed by atoms with E-state index in [9.17, 15) is 0 Å². The van der Waals surface area contributed by atoms with Crippen LogP contribution in [0.15, 0.2) is 12.4 Å². The zero-order valence-corrected chi connectivity index (χ0v) is 11.2. The van der Waals surface area contributed by atoms with Crippen LogP contribution in [0.4, 0.5) is 5.82 Å². The van der Waals surface area contributed by atoms with Crippen LogP contribution < -0.4 is 5.32 Å². The number of nitrogens with one attached hydrogen (secondary N) is 1. The van der Waals surface area contributed by atoms with E-state index in [0.29, 0.717) is 11.5 Å². The van der Waals surface area contributed by atoms with Gasteiger partial charge in [-0.05, 0) is 19.1 Å². The molecule has 2 rings (SSSR count). The number of nitriles is 1. The lowest BCUT2D eigenvalue weighted by Gasteiger charge is -2.35. The van der Waals surface area contributed by atoms with E-state index in [1.807, 2.05) is 17.8 Å². The van der Waals surface area contributed by atoms with Gasteiger partial charge in [-0.2, -0.15) is 17.0 Å². The number of thioether (sulfide) groups is 1. The maximum absolute atomic E-state index is 8.96. The van der Waals surface area contributed by atoms with Crippen molar-refractivity contribution in [3.05, 3.63) is 18.1 Å². The molecule has 0 bridgehead atoms. The number of aromatic nitrogens is 2. The molecule has 0 aromatic carbocycles. The summed E-state index contributed by atoms with van der Waals surface area (Å²) in [5, 5.41) is 12.2. The van der Waals surface area contributed by atoms with Crippen LogP contribution in [0.25, 0.3) is 0 Å². The van der Waals surface area contributed by atoms with Crippen molar-refractivity contribution in [3.8, 4) is 6.07 Å². The Bertz CT molecular complexity index is 440. The Balaban J connectivity index is 2.03. The second-order valence-corrected chi connectivity index (χ2v) is 5.49. The molecule has 0 aliphatic carbocycles. The Morgan fingerprint density at radius 3 is 2.83 bits per heavy atom. The molecule has 0 unspecified atom stereocenters. The summed E-state index contributed by atoms with van der Waals surface area (Å²) in [6.45, 7) is 2.38. The molecule has 0 saturated carbocycles. The van der Waals surface area contributed by atoms with E-state index in [1.54, 1.807) is 6.20 Å². The highest BCUT2D eigenvalue weighted by atomic mass is 32.2. The lowest BCUT2D eigenvalue weighted by molar-refractivity contribution is 0.0802. The number of ether oxygens (including phenoxy) is 1. The fourth-order valence-corrected chi connectivity index (χ4v) is 2.78. The van der Waals surface area contributed by atoms with Crippen molar-refractivity contribution >= 4 is 17.6 Å². The molecule has 0 amide bonds. The Kier molecular flexibility index (Phi) is 4.39. The molecule has 0 spiro atoms. The summed E-state index contributed by atoms with van der Waals surface area (Å²) in [4.78, 5) is 8.15. The van der Waals surface area contributed by atoms with Gasteiger partial charge in [0.15, 0.2) is 11.5 Å². The van der Waals surface area contributed by atoms with Gasteiger partial charge in [-0.1, -0.05) is 0 Å². The maximum atomic E-state index is 8.96. The first-order valence-corrected chi connectivity index (χ1v) is 7.10. The molecule has 2 heterocycles. The zero-order chi connectivity index (χ0) is 12.8. The van der Waals surface area contributed by atoms with E-state index in [1.165, 1.54) is 6.20 Å². The molecule has 1 aromatic heterocycles. The highest BCUT2D eigenvalue weighted by molar-refractivity contribution is 8.00. The number of rotatable bonds is 4. The van der Waals surface area contributed by atoms with Crippen LogP contribution in [0.3, 0.4) is 0 Å². The summed E-state index contributed by atoms with van der Waals surface area (Å²) >= 11 is 1.85. The maximum Gasteiger partial charge on any atom is 0.182 e. The molecule has 1 aromatic rings. The monoisotopic (exact) mass is 264 g/mol. The van der Waals surface area contributed by atoms with E-state index in [-0.39, 0.29) is 4.75 Å². The molecular formula is C12H16N4OS. The van der Waals surface area contributed by atoms with Crippen LogP contribution in [0.1, 0.15) is 18.5 Å². The molecule has 1 aliphatic rings. The first-order chi connectivity index (χ1) is 8.79. The highest BCUT2D eigenvalue weighted by Gasteiger charge is 2.31. The van der Waals surface area contributed by atoms with Gasteiger partial charge in [0.2, 0.25) is 0 Å². The van der Waals surface area contributed by atoms with Crippen molar-refractivity contribution in [1.82, 2.24) is 9.97 Å². The van der Waals surface area contributed by atoms with Gasteiger partial charge in [0.1, 0.15) is 6.07 Å². The summed E-state index contributed by atoms with van der Waals surface area (Å²) in [6.07, 6.45) is 7.28. The number of hydrogen-bond donors (Lipinski definition) is 1. The fourth-order valence-electron chi connectivity index (χ4n) is 1.99. The first-order valence-electron chi connectivity index (χ1n) is 5.87. The van der Waals surface area contributed by atoms with Gasteiger partial charge in [-0.3, -0.25) is 0 Å². The molecule has 5 nitrogen and oxygen atoms in total. The number of hydrogen-bond acceptors (Lipinski definition) is 6. The molecule has 18 heavy (non-hydrogen) atoms. The third kappa shape index (κ3) is 2.92. The minimum atomic E-state index is 0.169. The molecule has 1 saturated heterocycles. The van der Waals surface area contributed by atoms with Gasteiger partial charge in [0, 0.05) is 36.9 Å². The quantitative estimate of drug-likeness (QED) is 0.892. The molecule has 0 atom stereocenters. The number of nitrogens with zero attached hydrogens (tertiary/aromatic N) is 3. The van der Waals surface area contributed by atoms with E-state index in [0.717, 1.165) is 32.6 Å². The van der Waals surface area contributed by atoms with Crippen molar-refractivity contribution in [1.29, 1.82) is 5.26 Å². The predicted molar refractivity (Wildman–Crippen MR) is 71.5 cm³/mol. The van der Waals surface area contributed by atoms with Crippen LogP contribution in [0, 0.1) is 11.3 Å². The Morgan fingerprint density at radius 2 is 2.17 bits per heavy atom. The lowest BCUT2D eigenvalue weighted by Crippen LogP contribution is -2.39. The minimum Gasteiger partial charge on any atom is -0.381 e. The Labute approximate surface area is 111 Å². The third-order valence-corrected chi connectivity index (χ3v) is 4.64. The zero-order valence-electron chi connectivity index (χ0n) is 10.3. The first kappa shape index (κ1) is 13.1. The standard InChI is InChI=1S/C12H16N4OS/c1-18-12(2-6-17-7-3-12)9-16-11-10(8-13)14-4-5-15-11/h4-5H,2-3,6-7,9H2,1H3,(H,15,16). The van der Waals surface area contributed by atoms with Gasteiger partial charge >= 0.3 is 0 Å². The van der Waals surface area contributed by atoms with Crippen molar-refractivity contribution in [2.45, 2.75) is 17.6 Å². The summed E-state index contributed by atoms with van der Waals surface area (Å²) in [6, 6.07) is 2.05. The van der Waals surface area contributed by atoms with Gasteiger partial charge in [0.05, 0.1) is 0 Å². The van der Waals surface area contributed by atoms with Crippen LogP contribution in [0.2, 0.25) is 0 Å². The average molecular weight is 264 g/mol. The molecule has 1 fully saturated rings. The molecule has 6 heteroatoms. The molecule has 1 N–H and O–H groups in total. The number of anilines is 1. The second-order valence-electron chi connectivity index (χ2n) is 4.22. The van der Waals surface area contributed by atoms with Gasteiger partial charge < -0.3 is 10.1 Å². The molecule has 96 valence electrons. The van der Waals surface area contributed by atoms with Gasteiger partial charge in [-0.25, -0.2) is 9.97 Å². The molecule has 0 radical (unpaired) electrons. The predicted octanol–water partition coefficient (Wildman–Crippen LogP) is 1.67. The van der Waals surface area contributed by atoms with Crippen molar-refractivity contribution in [2.24, 2.45) is 0 Å². The third-order valence-electron chi connectivity index (χ3n) is 3.22. The Morgan fingerprint density at radius 1 is 1.44 bits per heavy atom.